The lowest BCUT2D eigenvalue weighted by molar-refractivity contribution is -0.138. The first-order chi connectivity index (χ1) is 13.2. The second-order valence-corrected chi connectivity index (χ2v) is 7.30. The first kappa shape index (κ1) is 18.1. The van der Waals surface area contributed by atoms with Gasteiger partial charge in [-0.1, -0.05) is 6.07 Å². The van der Waals surface area contributed by atoms with Gasteiger partial charge in [-0.15, -0.1) is 0 Å². The minimum atomic E-state index is -0.149. The van der Waals surface area contributed by atoms with Crippen molar-refractivity contribution in [2.24, 2.45) is 0 Å². The van der Waals surface area contributed by atoms with E-state index in [1.165, 1.54) is 0 Å². The van der Waals surface area contributed by atoms with Crippen LogP contribution in [0, 0.1) is 0 Å². The first-order valence-electron chi connectivity index (χ1n) is 9.66. The number of carbonyl (C=O) groups is 1. The van der Waals surface area contributed by atoms with Crippen molar-refractivity contribution in [2.45, 2.75) is 37.7 Å². The zero-order valence-electron chi connectivity index (χ0n) is 15.4. The molecule has 0 aliphatic carbocycles. The summed E-state index contributed by atoms with van der Waals surface area (Å²) in [6.45, 7) is 2.76. The first-order valence-corrected chi connectivity index (χ1v) is 9.66. The molecule has 1 N–H and O–H groups in total. The van der Waals surface area contributed by atoms with Crippen LogP contribution in [-0.2, 0) is 14.3 Å². The Kier molecular flexibility index (Phi) is 5.50. The topological polar surface area (TPSA) is 84.5 Å². The zero-order chi connectivity index (χ0) is 18.6. The van der Waals surface area contributed by atoms with Gasteiger partial charge in [-0.05, 0) is 37.8 Å². The number of nitrogens with zero attached hydrogens (tertiary/aromatic N) is 2. The number of hydrogen-bond donors (Lipinski definition) is 1. The van der Waals surface area contributed by atoms with Crippen LogP contribution in [0.4, 0.5) is 0 Å². The van der Waals surface area contributed by atoms with Crippen molar-refractivity contribution in [3.05, 3.63) is 40.4 Å². The summed E-state index contributed by atoms with van der Waals surface area (Å²) < 4.78 is 11.0. The molecule has 0 saturated carbocycles. The number of carbonyl (C=O) groups excluding carboxylic acids is 1. The van der Waals surface area contributed by atoms with Gasteiger partial charge in [-0.25, -0.2) is 0 Å². The third kappa shape index (κ3) is 4.20. The Hall–Kier alpha value is -2.25. The summed E-state index contributed by atoms with van der Waals surface area (Å²) in [6, 6.07) is 5.76. The highest BCUT2D eigenvalue weighted by Gasteiger charge is 2.25. The lowest BCUT2D eigenvalue weighted by atomic mass is 9.92. The smallest absolute Gasteiger partial charge is 0.274 e. The molecule has 7 heteroatoms. The maximum absolute atomic E-state index is 12.3. The molecule has 7 nitrogen and oxygen atoms in total. The molecule has 4 rings (SSSR count). The molecular weight excluding hydrogens is 346 g/mol. The normalized spacial score (nSPS) is 21.0. The van der Waals surface area contributed by atoms with Gasteiger partial charge < -0.3 is 19.4 Å². The van der Waals surface area contributed by atoms with Crippen molar-refractivity contribution >= 4 is 16.8 Å². The number of hydrogen-bond acceptors (Lipinski definition) is 5. The van der Waals surface area contributed by atoms with Crippen LogP contribution in [0.15, 0.2) is 29.2 Å². The fraction of sp³-hybridized carbons (Fsp3) is 0.550. The van der Waals surface area contributed by atoms with Crippen molar-refractivity contribution in [1.29, 1.82) is 0 Å². The highest BCUT2D eigenvalue weighted by molar-refractivity contribution is 5.78. The summed E-state index contributed by atoms with van der Waals surface area (Å²) in [7, 11) is 0. The third-order valence-corrected chi connectivity index (χ3v) is 5.46. The van der Waals surface area contributed by atoms with Crippen molar-refractivity contribution in [1.82, 2.24) is 14.9 Å². The molecule has 144 valence electrons. The van der Waals surface area contributed by atoms with Gasteiger partial charge in [0.05, 0.1) is 12.7 Å². The maximum atomic E-state index is 12.3. The van der Waals surface area contributed by atoms with E-state index in [9.17, 15) is 9.59 Å². The van der Waals surface area contributed by atoms with E-state index in [-0.39, 0.29) is 30.1 Å². The Morgan fingerprint density at radius 1 is 1.33 bits per heavy atom. The molecule has 2 fully saturated rings. The highest BCUT2D eigenvalue weighted by Crippen LogP contribution is 2.27. The number of H-pyrrole nitrogens is 1. The van der Waals surface area contributed by atoms with Crippen LogP contribution in [0.2, 0.25) is 0 Å². The quantitative estimate of drug-likeness (QED) is 0.867. The monoisotopic (exact) mass is 371 g/mol. The van der Waals surface area contributed by atoms with Crippen LogP contribution in [0.25, 0.3) is 10.9 Å². The van der Waals surface area contributed by atoms with Gasteiger partial charge in [-0.2, -0.15) is 0 Å². The van der Waals surface area contributed by atoms with Crippen LogP contribution < -0.4 is 5.56 Å². The maximum Gasteiger partial charge on any atom is 0.274 e. The molecule has 2 aromatic rings. The standard InChI is InChI=1S/C20H25N3O4/c24-18(13-26-12-16-4-2-10-27-16)23-8-5-14(6-9-23)17-11-15-3-1-7-21-19(15)20(25)22-17/h1,3,7,11,14,16H,2,4-6,8-10,12-13H2,(H,22,25). The summed E-state index contributed by atoms with van der Waals surface area (Å²) in [5, 5.41) is 0.859. The number of ether oxygens (including phenoxy) is 2. The summed E-state index contributed by atoms with van der Waals surface area (Å²) in [5.41, 5.74) is 1.25. The second kappa shape index (κ2) is 8.19. The molecule has 1 atom stereocenters. The third-order valence-electron chi connectivity index (χ3n) is 5.46. The van der Waals surface area contributed by atoms with Crippen LogP contribution in [0.1, 0.15) is 37.3 Å². The molecule has 1 unspecified atom stereocenters. The van der Waals surface area contributed by atoms with Gasteiger partial charge in [0, 0.05) is 42.9 Å². The molecule has 0 radical (unpaired) electrons. The minimum Gasteiger partial charge on any atom is -0.376 e. The molecule has 0 spiro atoms. The summed E-state index contributed by atoms with van der Waals surface area (Å²) >= 11 is 0. The van der Waals surface area contributed by atoms with Crippen molar-refractivity contribution in [3.63, 3.8) is 0 Å². The van der Waals surface area contributed by atoms with Gasteiger partial charge in [0.25, 0.3) is 5.56 Å². The van der Waals surface area contributed by atoms with E-state index in [0.717, 1.165) is 43.4 Å². The fourth-order valence-electron chi connectivity index (χ4n) is 3.92. The molecule has 2 aromatic heterocycles. The Labute approximate surface area is 157 Å². The van der Waals surface area contributed by atoms with Gasteiger partial charge in [0.2, 0.25) is 5.91 Å². The van der Waals surface area contributed by atoms with Gasteiger partial charge in [0.15, 0.2) is 0 Å². The number of fused-ring (bicyclic) bond motifs is 1. The van der Waals surface area contributed by atoms with Crippen molar-refractivity contribution in [3.8, 4) is 0 Å². The lowest BCUT2D eigenvalue weighted by Crippen LogP contribution is -2.40. The van der Waals surface area contributed by atoms with E-state index in [4.69, 9.17) is 9.47 Å². The largest absolute Gasteiger partial charge is 0.376 e. The van der Waals surface area contributed by atoms with Crippen LogP contribution >= 0.6 is 0 Å². The van der Waals surface area contributed by atoms with Gasteiger partial charge in [-0.3, -0.25) is 14.6 Å². The molecule has 1 amide bonds. The van der Waals surface area contributed by atoms with Crippen LogP contribution in [0.3, 0.4) is 0 Å². The average molecular weight is 371 g/mol. The van der Waals surface area contributed by atoms with E-state index < -0.39 is 0 Å². The van der Waals surface area contributed by atoms with Crippen LogP contribution in [-0.4, -0.2) is 59.8 Å². The van der Waals surface area contributed by atoms with Gasteiger partial charge in [0.1, 0.15) is 12.1 Å². The molecule has 2 aliphatic rings. The molecule has 2 saturated heterocycles. The Bertz CT molecular complexity index is 852. The van der Waals surface area contributed by atoms with E-state index in [1.807, 2.05) is 23.1 Å². The number of aromatic nitrogens is 2. The van der Waals surface area contributed by atoms with E-state index in [0.29, 0.717) is 25.2 Å². The Balaban J connectivity index is 1.30. The molecule has 0 aromatic carbocycles. The Morgan fingerprint density at radius 3 is 2.96 bits per heavy atom. The number of piperidine rings is 1. The molecule has 27 heavy (non-hydrogen) atoms. The predicted octanol–water partition coefficient (Wildman–Crippen LogP) is 1.82. The number of nitrogens with one attached hydrogen (secondary N) is 1. The van der Waals surface area contributed by atoms with E-state index in [1.54, 1.807) is 6.20 Å². The van der Waals surface area contributed by atoms with Crippen molar-refractivity contribution < 1.29 is 14.3 Å². The number of amides is 1. The van der Waals surface area contributed by atoms with Gasteiger partial charge >= 0.3 is 0 Å². The Morgan fingerprint density at radius 2 is 2.19 bits per heavy atom. The summed E-state index contributed by atoms with van der Waals surface area (Å²) in [4.78, 5) is 33.5. The molecule has 4 heterocycles. The predicted molar refractivity (Wildman–Crippen MR) is 101 cm³/mol. The number of likely N-dealkylation sites (tertiary alicyclic amines) is 1. The average Bonchev–Trinajstić information content (AvgIpc) is 3.21. The lowest BCUT2D eigenvalue weighted by Gasteiger charge is -2.32. The SMILES string of the molecule is O=C(COCC1CCCO1)N1CCC(c2cc3cccnc3c(=O)[nH]2)CC1. The highest BCUT2D eigenvalue weighted by atomic mass is 16.5. The summed E-state index contributed by atoms with van der Waals surface area (Å²) in [6.07, 6.45) is 5.52. The van der Waals surface area contributed by atoms with E-state index >= 15 is 0 Å². The molecular formula is C20H25N3O4. The zero-order valence-corrected chi connectivity index (χ0v) is 15.4. The number of aromatic amines is 1. The van der Waals surface area contributed by atoms with Crippen molar-refractivity contribution in [2.75, 3.05) is 32.9 Å². The molecule has 0 bridgehead atoms. The van der Waals surface area contributed by atoms with Crippen LogP contribution in [0.5, 0.6) is 0 Å². The number of rotatable bonds is 5. The summed E-state index contributed by atoms with van der Waals surface area (Å²) in [5.74, 6) is 0.279. The van der Waals surface area contributed by atoms with E-state index in [2.05, 4.69) is 9.97 Å². The minimum absolute atomic E-state index is 0.0302. The second-order valence-electron chi connectivity index (χ2n) is 7.30. The number of pyridine rings is 2. The fourth-order valence-corrected chi connectivity index (χ4v) is 3.92. The molecule has 2 aliphatic heterocycles.